The van der Waals surface area contributed by atoms with Crippen molar-refractivity contribution < 1.29 is 0 Å². The molecule has 0 radical (unpaired) electrons. The Bertz CT molecular complexity index is 2710. The minimum atomic E-state index is 0.116. The van der Waals surface area contributed by atoms with E-state index in [0.29, 0.717) is 11.8 Å². The van der Waals surface area contributed by atoms with Gasteiger partial charge < -0.3 is 4.90 Å². The highest BCUT2D eigenvalue weighted by molar-refractivity contribution is 5.79. The summed E-state index contributed by atoms with van der Waals surface area (Å²) < 4.78 is 0. The van der Waals surface area contributed by atoms with Gasteiger partial charge in [0.25, 0.3) is 0 Å². The Morgan fingerprint density at radius 3 is 1.01 bits per heavy atom. The van der Waals surface area contributed by atoms with Crippen molar-refractivity contribution in [3.8, 4) is 33.4 Å². The highest BCUT2D eigenvalue weighted by atomic mass is 15.1. The fraction of sp³-hybridized carbons (Fsp3) is 0.304. The summed E-state index contributed by atoms with van der Waals surface area (Å²) in [5.41, 5.74) is 20.7. The molecule has 0 aromatic heterocycles. The maximum atomic E-state index is 2.37. The third kappa shape index (κ3) is 15.3. The third-order valence-electron chi connectivity index (χ3n) is 13.7. The number of nitrogens with zero attached hydrogens (tertiary/aromatic N) is 1. The first-order valence-corrected chi connectivity index (χ1v) is 26.3. The Labute approximate surface area is 424 Å². The van der Waals surface area contributed by atoms with Gasteiger partial charge in [0.2, 0.25) is 0 Å². The van der Waals surface area contributed by atoms with E-state index in [1.54, 1.807) is 0 Å². The lowest BCUT2D eigenvalue weighted by Crippen LogP contribution is -2.13. The zero-order valence-corrected chi connectivity index (χ0v) is 44.5. The van der Waals surface area contributed by atoms with Crippen LogP contribution >= 0.6 is 0 Å². The van der Waals surface area contributed by atoms with E-state index < -0.39 is 0 Å². The predicted octanol–water partition coefficient (Wildman–Crippen LogP) is 20.8. The van der Waals surface area contributed by atoms with Crippen LogP contribution in [0, 0.1) is 13.8 Å². The average molecular weight is 924 g/mol. The highest BCUT2D eigenvalue weighted by Crippen LogP contribution is 2.37. The van der Waals surface area contributed by atoms with E-state index in [0.717, 1.165) is 12.1 Å². The van der Waals surface area contributed by atoms with Gasteiger partial charge in [0.1, 0.15) is 0 Å². The van der Waals surface area contributed by atoms with Gasteiger partial charge in [-0.25, -0.2) is 0 Å². The quantitative estimate of drug-likeness (QED) is 0.0990. The largest absolute Gasteiger partial charge is 0.311 e. The lowest BCUT2D eigenvalue weighted by atomic mass is 9.87. The molecule has 1 heteroatoms. The smallest absolute Gasteiger partial charge is 0.0462 e. The molecule has 362 valence electrons. The fourth-order valence-corrected chi connectivity index (χ4v) is 8.59. The molecule has 1 nitrogen and oxygen atoms in total. The minimum absolute atomic E-state index is 0.116. The second-order valence-electron chi connectivity index (χ2n) is 20.7. The number of anilines is 3. The second-order valence-corrected chi connectivity index (χ2v) is 20.7. The Kier molecular flexibility index (Phi) is 19.6. The first-order valence-electron chi connectivity index (χ1n) is 26.3. The van der Waals surface area contributed by atoms with E-state index in [-0.39, 0.29) is 5.41 Å². The molecule has 0 fully saturated rings. The summed E-state index contributed by atoms with van der Waals surface area (Å²) in [6.07, 6.45) is 8.61. The van der Waals surface area contributed by atoms with Crippen LogP contribution < -0.4 is 4.90 Å². The van der Waals surface area contributed by atoms with Crippen molar-refractivity contribution in [2.24, 2.45) is 0 Å². The van der Waals surface area contributed by atoms with Crippen molar-refractivity contribution in [2.45, 2.75) is 138 Å². The number of hydrogen-bond donors (Lipinski definition) is 0. The Balaban J connectivity index is 0.000000298. The van der Waals surface area contributed by atoms with E-state index in [2.05, 4.69) is 275 Å². The molecule has 8 rings (SSSR count). The molecule has 8 aromatic rings. The fourth-order valence-electron chi connectivity index (χ4n) is 8.59. The number of benzene rings is 8. The molecule has 0 aliphatic heterocycles. The molecule has 0 heterocycles. The van der Waals surface area contributed by atoms with Gasteiger partial charge in [-0.1, -0.05) is 244 Å². The van der Waals surface area contributed by atoms with Crippen molar-refractivity contribution in [3.05, 3.63) is 233 Å². The monoisotopic (exact) mass is 924 g/mol. The van der Waals surface area contributed by atoms with E-state index in [4.69, 9.17) is 0 Å². The zero-order valence-electron chi connectivity index (χ0n) is 44.5. The molecule has 0 saturated heterocycles. The summed E-state index contributed by atoms with van der Waals surface area (Å²) in [4.78, 5) is 2.37. The van der Waals surface area contributed by atoms with Crippen LogP contribution in [0.1, 0.15) is 145 Å². The molecule has 0 amide bonds. The van der Waals surface area contributed by atoms with Crippen LogP contribution in [0.5, 0.6) is 0 Å². The van der Waals surface area contributed by atoms with Gasteiger partial charge in [-0.15, -0.1) is 0 Å². The molecule has 0 saturated carbocycles. The molecule has 0 aliphatic carbocycles. The summed E-state index contributed by atoms with van der Waals surface area (Å²) in [6, 6.07) is 71.6. The molecular weight excluding hydrogens is 843 g/mol. The predicted molar refractivity (Wildman–Crippen MR) is 309 cm³/mol. The van der Waals surface area contributed by atoms with Crippen LogP contribution in [-0.4, -0.2) is 0 Å². The van der Waals surface area contributed by atoms with Crippen molar-refractivity contribution in [1.29, 1.82) is 0 Å². The van der Waals surface area contributed by atoms with Crippen LogP contribution in [0.15, 0.2) is 194 Å². The molecule has 8 aromatic carbocycles. The van der Waals surface area contributed by atoms with Crippen LogP contribution in [0.4, 0.5) is 17.1 Å². The summed E-state index contributed by atoms with van der Waals surface area (Å²) >= 11 is 0. The van der Waals surface area contributed by atoms with E-state index in [1.165, 1.54) is 122 Å². The van der Waals surface area contributed by atoms with Crippen molar-refractivity contribution >= 4 is 17.1 Å². The summed E-state index contributed by atoms with van der Waals surface area (Å²) in [5.74, 6) is 1.25. The van der Waals surface area contributed by atoms with Crippen LogP contribution in [0.3, 0.4) is 0 Å². The maximum absolute atomic E-state index is 2.37. The number of unbranched alkanes of at least 4 members (excludes halogenated alkanes) is 2. The minimum Gasteiger partial charge on any atom is -0.311 e. The van der Waals surface area contributed by atoms with Gasteiger partial charge in [0, 0.05) is 17.1 Å². The lowest BCUT2D eigenvalue weighted by molar-refractivity contribution is 0.590. The molecule has 70 heavy (non-hydrogen) atoms. The van der Waals surface area contributed by atoms with E-state index >= 15 is 0 Å². The maximum Gasteiger partial charge on any atom is 0.0462 e. The molecule has 1 atom stereocenters. The first kappa shape index (κ1) is 52.9. The van der Waals surface area contributed by atoms with Gasteiger partial charge >= 0.3 is 0 Å². The van der Waals surface area contributed by atoms with Crippen molar-refractivity contribution in [3.63, 3.8) is 0 Å². The van der Waals surface area contributed by atoms with E-state index in [9.17, 15) is 0 Å². The SMILES string of the molecule is CCC(C)c1ccc(C)cc1.CCCCc1ccc(C)cc1.CCCCc1ccc(N(c2ccc(-c3ccc(-c4ccc(-c5ccc(C(C)C)cc5)cc4)cc3)cc2)c2ccc(C(C)(C)C)cc2)cc1. The van der Waals surface area contributed by atoms with Crippen molar-refractivity contribution in [2.75, 3.05) is 4.90 Å². The third-order valence-corrected chi connectivity index (χ3v) is 13.7. The Morgan fingerprint density at radius 1 is 0.371 bits per heavy atom. The number of hydrogen-bond acceptors (Lipinski definition) is 1. The summed E-state index contributed by atoms with van der Waals surface area (Å²) in [7, 11) is 0. The van der Waals surface area contributed by atoms with Crippen LogP contribution in [0.25, 0.3) is 33.4 Å². The summed E-state index contributed by atoms with van der Waals surface area (Å²) in [6.45, 7) is 24.5. The molecule has 0 N–H and O–H groups in total. The van der Waals surface area contributed by atoms with Gasteiger partial charge in [0.15, 0.2) is 0 Å². The van der Waals surface area contributed by atoms with Gasteiger partial charge in [-0.05, 0) is 161 Å². The van der Waals surface area contributed by atoms with E-state index in [1.807, 2.05) is 0 Å². The van der Waals surface area contributed by atoms with Gasteiger partial charge in [-0.2, -0.15) is 0 Å². The van der Waals surface area contributed by atoms with Crippen LogP contribution in [-0.2, 0) is 18.3 Å². The number of rotatable bonds is 15. The Hall–Kier alpha value is -6.44. The second kappa shape index (κ2) is 26.0. The lowest BCUT2D eigenvalue weighted by Gasteiger charge is -2.27. The molecule has 1 unspecified atom stereocenters. The van der Waals surface area contributed by atoms with Gasteiger partial charge in [-0.3, -0.25) is 0 Å². The van der Waals surface area contributed by atoms with Crippen molar-refractivity contribution in [1.82, 2.24) is 0 Å². The average Bonchev–Trinajstić information content (AvgIpc) is 3.39. The van der Waals surface area contributed by atoms with Crippen LogP contribution in [0.2, 0.25) is 0 Å². The molecule has 0 spiro atoms. The zero-order chi connectivity index (χ0) is 50.0. The highest BCUT2D eigenvalue weighted by Gasteiger charge is 2.17. The normalized spacial score (nSPS) is 11.5. The number of aryl methyl sites for hydroxylation is 4. The Morgan fingerprint density at radius 2 is 0.671 bits per heavy atom. The molecule has 0 bridgehead atoms. The molecule has 0 aliphatic rings. The standard InChI is InChI=1S/C47H49N.2C11H16/c1-7-8-9-35-10-28-44(29-11-35)48(46-32-26-43(27-33-46)47(4,5)6)45-30-24-42(25-31-45)41-22-20-40(21-23-41)39-18-16-38(17-19-39)37-14-12-36(13-15-37)34(2)3;1-4-10(3)11-7-5-9(2)6-8-11;1-3-4-5-11-8-6-10(2)7-9-11/h10-34H,7-9H2,1-6H3;5-8,10H,4H2,1-3H3;6-9H,3-5H2,1-2H3. The summed E-state index contributed by atoms with van der Waals surface area (Å²) in [5, 5.41) is 0. The van der Waals surface area contributed by atoms with Gasteiger partial charge in [0.05, 0.1) is 0 Å². The first-order chi connectivity index (χ1) is 33.8. The topological polar surface area (TPSA) is 3.24 Å². The molecular formula is C69H81N.